The summed E-state index contributed by atoms with van der Waals surface area (Å²) in [6, 6.07) is 0. The molecule has 0 aromatic rings. The summed E-state index contributed by atoms with van der Waals surface area (Å²) in [4.78, 5) is 22.2. The predicted octanol–water partition coefficient (Wildman–Crippen LogP) is 4.24. The van der Waals surface area contributed by atoms with E-state index in [2.05, 4.69) is 17.6 Å². The number of carbonyl (C=O) groups excluding carboxylic acids is 2. The Kier molecular flexibility index (Phi) is 43.0. The molecule has 0 radical (unpaired) electrons. The maximum Gasteiger partial charge on any atom is 0.220 e. The lowest BCUT2D eigenvalue weighted by atomic mass is 10.4. The Labute approximate surface area is 143 Å². The van der Waals surface area contributed by atoms with Gasteiger partial charge in [0.25, 0.3) is 0 Å². The van der Waals surface area contributed by atoms with Crippen molar-refractivity contribution in [3.8, 4) is 0 Å². The van der Waals surface area contributed by atoms with Crippen LogP contribution in [0.5, 0.6) is 0 Å². The monoisotopic (exact) mass is 336 g/mol. The lowest BCUT2D eigenvalue weighted by Crippen LogP contribution is -2.34. The van der Waals surface area contributed by atoms with Crippen LogP contribution in [0.15, 0.2) is 0 Å². The third-order valence-corrected chi connectivity index (χ3v) is 3.10. The molecule has 0 rings (SSSR count). The van der Waals surface area contributed by atoms with Crippen molar-refractivity contribution in [3.05, 3.63) is 0 Å². The van der Waals surface area contributed by atoms with Crippen molar-refractivity contribution < 1.29 is 9.59 Å². The molecule has 0 spiro atoms. The van der Waals surface area contributed by atoms with Gasteiger partial charge in [-0.25, -0.2) is 0 Å². The van der Waals surface area contributed by atoms with Crippen molar-refractivity contribution in [2.24, 2.45) is 0 Å². The fourth-order valence-electron chi connectivity index (χ4n) is 1.03. The standard InChI is InChI=1S/C11H22N2O2S.3C2H6/c1-3-8-16-9-5-11(15)13-7-6-12-10(14)4-2;3*1-2/h3-9H2,1-2H3,(H,12,14)(H,13,15);3*1-2H3. The molecular formula is C17H40N2O2S. The van der Waals surface area contributed by atoms with E-state index in [9.17, 15) is 9.59 Å². The highest BCUT2D eigenvalue weighted by atomic mass is 32.2. The average molecular weight is 337 g/mol. The summed E-state index contributed by atoms with van der Waals surface area (Å²) >= 11 is 1.80. The zero-order chi connectivity index (χ0) is 18.2. The van der Waals surface area contributed by atoms with E-state index in [1.165, 1.54) is 0 Å². The highest BCUT2D eigenvalue weighted by Gasteiger charge is 2.00. The number of nitrogens with one attached hydrogen (secondary N) is 2. The molecule has 5 heteroatoms. The molecule has 0 atom stereocenters. The van der Waals surface area contributed by atoms with Gasteiger partial charge in [0.2, 0.25) is 11.8 Å². The van der Waals surface area contributed by atoms with E-state index < -0.39 is 0 Å². The minimum atomic E-state index is 0.0211. The molecule has 0 aromatic heterocycles. The summed E-state index contributed by atoms with van der Waals surface area (Å²) in [5.41, 5.74) is 0. The Morgan fingerprint density at radius 2 is 1.23 bits per heavy atom. The second-order valence-electron chi connectivity index (χ2n) is 3.42. The molecule has 0 aromatic carbocycles. The zero-order valence-corrected chi connectivity index (χ0v) is 17.0. The lowest BCUT2D eigenvalue weighted by molar-refractivity contribution is -0.122. The maximum absolute atomic E-state index is 11.3. The van der Waals surface area contributed by atoms with Gasteiger partial charge in [0, 0.05) is 31.7 Å². The van der Waals surface area contributed by atoms with Gasteiger partial charge in [-0.1, -0.05) is 55.4 Å². The summed E-state index contributed by atoms with van der Waals surface area (Å²) in [5, 5.41) is 5.48. The molecule has 0 fully saturated rings. The molecule has 2 N–H and O–H groups in total. The zero-order valence-electron chi connectivity index (χ0n) is 16.2. The van der Waals surface area contributed by atoms with Crippen LogP contribution in [-0.2, 0) is 9.59 Å². The first-order valence-corrected chi connectivity index (χ1v) is 9.97. The van der Waals surface area contributed by atoms with Crippen LogP contribution in [-0.4, -0.2) is 36.4 Å². The number of hydrogen-bond donors (Lipinski definition) is 2. The molecule has 0 aliphatic carbocycles. The van der Waals surface area contributed by atoms with Crippen molar-refractivity contribution in [2.45, 2.75) is 74.7 Å². The van der Waals surface area contributed by atoms with Crippen molar-refractivity contribution >= 4 is 23.6 Å². The highest BCUT2D eigenvalue weighted by Crippen LogP contribution is 2.03. The van der Waals surface area contributed by atoms with Crippen LogP contribution in [0.2, 0.25) is 0 Å². The van der Waals surface area contributed by atoms with Crippen LogP contribution in [0.3, 0.4) is 0 Å². The van der Waals surface area contributed by atoms with Crippen LogP contribution < -0.4 is 10.6 Å². The summed E-state index contributed by atoms with van der Waals surface area (Å²) in [6.45, 7) is 17.0. The van der Waals surface area contributed by atoms with E-state index in [0.717, 1.165) is 17.9 Å². The van der Waals surface area contributed by atoms with E-state index >= 15 is 0 Å². The van der Waals surface area contributed by atoms with E-state index in [1.807, 2.05) is 41.5 Å². The molecule has 0 aliphatic rings. The second kappa shape index (κ2) is 32.3. The van der Waals surface area contributed by atoms with E-state index in [-0.39, 0.29) is 11.8 Å². The molecule has 0 aliphatic heterocycles. The van der Waals surface area contributed by atoms with Crippen molar-refractivity contribution in [3.63, 3.8) is 0 Å². The third kappa shape index (κ3) is 31.6. The van der Waals surface area contributed by atoms with Gasteiger partial charge in [0.05, 0.1) is 0 Å². The van der Waals surface area contributed by atoms with Gasteiger partial charge in [-0.05, 0) is 12.2 Å². The van der Waals surface area contributed by atoms with Crippen molar-refractivity contribution in [2.75, 3.05) is 24.6 Å². The Balaban J connectivity index is -0.000000238. The van der Waals surface area contributed by atoms with Crippen LogP contribution >= 0.6 is 11.8 Å². The van der Waals surface area contributed by atoms with E-state index in [0.29, 0.717) is 25.9 Å². The van der Waals surface area contributed by atoms with Crippen molar-refractivity contribution in [1.29, 1.82) is 0 Å². The molecule has 0 saturated carbocycles. The first kappa shape index (κ1) is 29.3. The maximum atomic E-state index is 11.3. The Morgan fingerprint density at radius 3 is 1.64 bits per heavy atom. The van der Waals surface area contributed by atoms with Crippen molar-refractivity contribution in [1.82, 2.24) is 10.6 Å². The second-order valence-corrected chi connectivity index (χ2v) is 4.64. The van der Waals surface area contributed by atoms with Gasteiger partial charge < -0.3 is 10.6 Å². The van der Waals surface area contributed by atoms with Crippen LogP contribution in [0.4, 0.5) is 0 Å². The van der Waals surface area contributed by atoms with Crippen LogP contribution in [0.1, 0.15) is 74.7 Å². The van der Waals surface area contributed by atoms with Gasteiger partial charge in [0.15, 0.2) is 0 Å². The minimum absolute atomic E-state index is 0.0211. The predicted molar refractivity (Wildman–Crippen MR) is 103 cm³/mol. The molecule has 0 saturated heterocycles. The summed E-state index contributed by atoms with van der Waals surface area (Å²) in [7, 11) is 0. The normalized spacial score (nSPS) is 8.00. The fourth-order valence-corrected chi connectivity index (χ4v) is 1.85. The first-order chi connectivity index (χ1) is 10.7. The number of thioether (sulfide) groups is 1. The molecule has 22 heavy (non-hydrogen) atoms. The SMILES string of the molecule is CC.CC.CC.CCCSCCC(=O)NCCNC(=O)CC. The molecular weight excluding hydrogens is 296 g/mol. The van der Waals surface area contributed by atoms with Crippen LogP contribution in [0.25, 0.3) is 0 Å². The Bertz CT molecular complexity index is 213. The van der Waals surface area contributed by atoms with Gasteiger partial charge in [-0.15, -0.1) is 0 Å². The first-order valence-electron chi connectivity index (χ1n) is 8.81. The molecule has 136 valence electrons. The molecule has 2 amide bonds. The number of carbonyl (C=O) groups is 2. The number of hydrogen-bond acceptors (Lipinski definition) is 3. The summed E-state index contributed by atoms with van der Waals surface area (Å²) < 4.78 is 0. The molecule has 0 unspecified atom stereocenters. The largest absolute Gasteiger partial charge is 0.354 e. The molecule has 0 bridgehead atoms. The molecule has 0 heterocycles. The smallest absolute Gasteiger partial charge is 0.220 e. The van der Waals surface area contributed by atoms with Gasteiger partial charge in [-0.3, -0.25) is 9.59 Å². The van der Waals surface area contributed by atoms with E-state index in [1.54, 1.807) is 18.7 Å². The van der Waals surface area contributed by atoms with Gasteiger partial charge in [-0.2, -0.15) is 11.8 Å². The number of rotatable bonds is 9. The van der Waals surface area contributed by atoms with Crippen LogP contribution in [0, 0.1) is 0 Å². The number of amides is 2. The highest BCUT2D eigenvalue weighted by molar-refractivity contribution is 7.99. The summed E-state index contributed by atoms with van der Waals surface area (Å²) in [6.07, 6.45) is 2.20. The lowest BCUT2D eigenvalue weighted by Gasteiger charge is -2.06. The minimum Gasteiger partial charge on any atom is -0.354 e. The van der Waals surface area contributed by atoms with E-state index in [4.69, 9.17) is 0 Å². The topological polar surface area (TPSA) is 58.2 Å². The third-order valence-electron chi connectivity index (χ3n) is 1.91. The Hall–Kier alpha value is -0.710. The van der Waals surface area contributed by atoms with Gasteiger partial charge in [0.1, 0.15) is 0 Å². The molecule has 4 nitrogen and oxygen atoms in total. The summed E-state index contributed by atoms with van der Waals surface area (Å²) in [5.74, 6) is 2.07. The average Bonchev–Trinajstić information content (AvgIpc) is 2.60. The van der Waals surface area contributed by atoms with Gasteiger partial charge >= 0.3 is 0 Å². The quantitative estimate of drug-likeness (QED) is 0.619. The fraction of sp³-hybridized carbons (Fsp3) is 0.882. The Morgan fingerprint density at radius 1 is 0.773 bits per heavy atom.